The van der Waals surface area contributed by atoms with E-state index in [4.69, 9.17) is 0 Å². The number of nitrogens with zero attached hydrogens (tertiary/aromatic N) is 2. The van der Waals surface area contributed by atoms with Crippen molar-refractivity contribution in [2.24, 2.45) is 0 Å². The van der Waals surface area contributed by atoms with Gasteiger partial charge in [0.05, 0.1) is 0 Å². The number of hydrogen-bond acceptors (Lipinski definition) is 3. The molecule has 1 aromatic rings. The summed E-state index contributed by atoms with van der Waals surface area (Å²) < 4.78 is 0. The van der Waals surface area contributed by atoms with E-state index in [2.05, 4.69) is 15.2 Å². The third kappa shape index (κ3) is 2.93. The van der Waals surface area contributed by atoms with Crippen LogP contribution < -0.4 is 0 Å². The number of hydrogen-bond donors (Lipinski definition) is 1. The summed E-state index contributed by atoms with van der Waals surface area (Å²) in [7, 11) is 0. The van der Waals surface area contributed by atoms with Gasteiger partial charge >= 0.3 is 0 Å². The molecule has 1 N–H and O–H groups in total. The molecule has 0 bridgehead atoms. The second kappa shape index (κ2) is 4.60. The van der Waals surface area contributed by atoms with Gasteiger partial charge in [-0.2, -0.15) is 5.10 Å². The molecule has 0 aliphatic heterocycles. The Labute approximate surface area is 65.0 Å². The van der Waals surface area contributed by atoms with Gasteiger partial charge in [-0.05, 0) is 12.8 Å². The fourth-order valence-corrected chi connectivity index (χ4v) is 0.836. The summed E-state index contributed by atoms with van der Waals surface area (Å²) in [5, 5.41) is 6.51. The molecule has 4 nitrogen and oxygen atoms in total. The molecule has 0 saturated carbocycles. The zero-order chi connectivity index (χ0) is 7.94. The van der Waals surface area contributed by atoms with Crippen molar-refractivity contribution in [2.45, 2.75) is 25.7 Å². The van der Waals surface area contributed by atoms with Gasteiger partial charge in [-0.15, -0.1) is 0 Å². The molecule has 0 aliphatic carbocycles. The average molecular weight is 152 g/mol. The highest BCUT2D eigenvalue weighted by atomic mass is 16.1. The lowest BCUT2D eigenvalue weighted by Gasteiger charge is -1.90. The molecule has 0 saturated heterocycles. The number of rotatable bonds is 5. The Morgan fingerprint density at radius 2 is 2.45 bits per heavy atom. The van der Waals surface area contributed by atoms with E-state index in [0.717, 1.165) is 25.1 Å². The maximum atomic E-state index is 9.80. The predicted octanol–water partition coefficient (Wildman–Crippen LogP) is 0.627. The van der Waals surface area contributed by atoms with Crippen molar-refractivity contribution in [2.75, 3.05) is 0 Å². The van der Waals surface area contributed by atoms with Gasteiger partial charge in [0.2, 0.25) is 0 Å². The van der Waals surface area contributed by atoms with Crippen molar-refractivity contribution in [3.8, 4) is 0 Å². The molecular weight excluding hydrogens is 142 g/mol. The minimum atomic E-state index is 0.518. The number of H-pyrrole nitrogens is 1. The van der Waals surface area contributed by atoms with Crippen LogP contribution in [0.4, 0.5) is 0 Å². The van der Waals surface area contributed by atoms with E-state index in [9.17, 15) is 4.79 Å². The van der Waals surface area contributed by atoms with Crippen LogP contribution in [0.15, 0.2) is 6.33 Å². The van der Waals surface area contributed by atoms with E-state index in [-0.39, 0.29) is 0 Å². The number of unbranched alkanes of at least 4 members (excludes halogenated alkanes) is 2. The van der Waals surface area contributed by atoms with E-state index >= 15 is 0 Å². The molecule has 0 amide bonds. The molecule has 4 heteroatoms. The smallest absolute Gasteiger partial charge is 0.198 e. The largest absolute Gasteiger partial charge is 0.291 e. The molecule has 0 fully saturated rings. The summed E-state index contributed by atoms with van der Waals surface area (Å²) in [4.78, 5) is 13.8. The first kappa shape index (κ1) is 7.91. The Balaban J connectivity index is 2.09. The average Bonchev–Trinajstić information content (AvgIpc) is 2.50. The Morgan fingerprint density at radius 3 is 3.09 bits per heavy atom. The summed E-state index contributed by atoms with van der Waals surface area (Å²) in [6.45, 7) is 0. The second-order valence-electron chi connectivity index (χ2n) is 2.27. The van der Waals surface area contributed by atoms with Crippen molar-refractivity contribution in [3.63, 3.8) is 0 Å². The Kier molecular flexibility index (Phi) is 3.31. The van der Waals surface area contributed by atoms with Gasteiger partial charge in [0.1, 0.15) is 12.2 Å². The predicted molar refractivity (Wildman–Crippen MR) is 39.6 cm³/mol. The van der Waals surface area contributed by atoms with Crippen LogP contribution in [0.25, 0.3) is 0 Å². The van der Waals surface area contributed by atoms with Crippen molar-refractivity contribution in [3.05, 3.63) is 12.2 Å². The van der Waals surface area contributed by atoms with Gasteiger partial charge in [0.25, 0.3) is 0 Å². The van der Waals surface area contributed by atoms with E-state index in [1.54, 1.807) is 6.33 Å². The van der Waals surface area contributed by atoms with E-state index in [1.807, 2.05) is 6.29 Å². The van der Waals surface area contributed by atoms with E-state index in [1.165, 1.54) is 0 Å². The zero-order valence-electron chi connectivity index (χ0n) is 6.21. The van der Waals surface area contributed by atoms with E-state index in [0.29, 0.717) is 6.42 Å². The van der Waals surface area contributed by atoms with Crippen LogP contribution in [0.3, 0.4) is 0 Å². The second-order valence-corrected chi connectivity index (χ2v) is 2.27. The van der Waals surface area contributed by atoms with Crippen molar-refractivity contribution in [1.82, 2.24) is 15.2 Å². The molecule has 1 rings (SSSR count). The lowest BCUT2D eigenvalue weighted by Crippen LogP contribution is -1.88. The highest BCUT2D eigenvalue weighted by Gasteiger charge is 1.95. The number of aromatic amines is 1. The fraction of sp³-hybridized carbons (Fsp3) is 0.571. The monoisotopic (exact) mass is 152 g/mol. The van der Waals surface area contributed by atoms with Crippen LogP contribution in [-0.4, -0.2) is 21.5 Å². The Bertz CT molecular complexity index is 195. The quantitative estimate of drug-likeness (QED) is 0.629. The third-order valence-electron chi connectivity index (χ3n) is 1.39. The zero-order valence-corrected chi connectivity index (χ0v) is 6.21. The van der Waals surface area contributed by atoms with Gasteiger partial charge in [-0.25, -0.2) is 4.98 Å². The number of aromatic nitrogens is 3. The van der Waals surface area contributed by atoms with Crippen molar-refractivity contribution in [1.29, 1.82) is 0 Å². The standard InChI is InChI=1S/C7H10N3O/c11-5-3-1-2-4-7-8-6-9-10-7/h6H,1-4H2,(H,8,9,10). The van der Waals surface area contributed by atoms with Gasteiger partial charge < -0.3 is 0 Å². The molecule has 0 aromatic carbocycles. The molecule has 11 heavy (non-hydrogen) atoms. The summed E-state index contributed by atoms with van der Waals surface area (Å²) >= 11 is 0. The highest BCUT2D eigenvalue weighted by Crippen LogP contribution is 1.98. The molecule has 1 heterocycles. The first-order chi connectivity index (χ1) is 5.43. The Hall–Kier alpha value is -1.19. The number of carbonyl (C=O) groups excluding carboxylic acids is 1. The molecule has 59 valence electrons. The van der Waals surface area contributed by atoms with Crippen molar-refractivity contribution < 1.29 is 4.79 Å². The maximum Gasteiger partial charge on any atom is 0.198 e. The van der Waals surface area contributed by atoms with Gasteiger partial charge in [-0.1, -0.05) is 0 Å². The van der Waals surface area contributed by atoms with Crippen LogP contribution in [0.5, 0.6) is 0 Å². The van der Waals surface area contributed by atoms with Crippen LogP contribution in [-0.2, 0) is 11.2 Å². The fourth-order valence-electron chi connectivity index (χ4n) is 0.836. The summed E-state index contributed by atoms with van der Waals surface area (Å²) in [6.07, 6.45) is 6.59. The third-order valence-corrected chi connectivity index (χ3v) is 1.39. The van der Waals surface area contributed by atoms with E-state index < -0.39 is 0 Å². The summed E-state index contributed by atoms with van der Waals surface area (Å²) in [5.74, 6) is 0.816. The first-order valence-corrected chi connectivity index (χ1v) is 3.63. The SMILES string of the molecule is O=[C]CCCCc1nc[nH]n1. The maximum absolute atomic E-state index is 9.80. The minimum Gasteiger partial charge on any atom is -0.291 e. The summed E-state index contributed by atoms with van der Waals surface area (Å²) in [6, 6.07) is 0. The van der Waals surface area contributed by atoms with Gasteiger partial charge in [0, 0.05) is 12.8 Å². The number of aryl methyl sites for hydroxylation is 1. The topological polar surface area (TPSA) is 58.6 Å². The molecular formula is C7H10N3O. The molecule has 0 unspecified atom stereocenters. The van der Waals surface area contributed by atoms with Crippen LogP contribution in [0.1, 0.15) is 25.1 Å². The summed E-state index contributed by atoms with van der Waals surface area (Å²) in [5.41, 5.74) is 0. The van der Waals surface area contributed by atoms with Crippen LogP contribution in [0.2, 0.25) is 0 Å². The minimum absolute atomic E-state index is 0.518. The highest BCUT2D eigenvalue weighted by molar-refractivity contribution is 5.50. The van der Waals surface area contributed by atoms with Gasteiger partial charge in [-0.3, -0.25) is 9.89 Å². The van der Waals surface area contributed by atoms with Crippen LogP contribution >= 0.6 is 0 Å². The molecule has 0 atom stereocenters. The molecule has 1 radical (unpaired) electrons. The molecule has 0 aliphatic rings. The normalized spacial score (nSPS) is 9.82. The molecule has 1 aromatic heterocycles. The lowest BCUT2D eigenvalue weighted by atomic mass is 10.2. The first-order valence-electron chi connectivity index (χ1n) is 3.63. The molecule has 0 spiro atoms. The Morgan fingerprint density at radius 1 is 1.55 bits per heavy atom. The van der Waals surface area contributed by atoms with Crippen LogP contribution in [0, 0.1) is 0 Å². The van der Waals surface area contributed by atoms with Gasteiger partial charge in [0.15, 0.2) is 6.29 Å². The number of nitrogens with one attached hydrogen (secondary N) is 1. The lowest BCUT2D eigenvalue weighted by molar-refractivity contribution is 0.546. The van der Waals surface area contributed by atoms with Crippen molar-refractivity contribution >= 4 is 6.29 Å².